The zero-order valence-electron chi connectivity index (χ0n) is 22.9. The third-order valence-electron chi connectivity index (χ3n) is 4.74. The zero-order valence-corrected chi connectivity index (χ0v) is 23.8. The summed E-state index contributed by atoms with van der Waals surface area (Å²) in [6, 6.07) is 6.19. The second kappa shape index (κ2) is 26.7. The molecule has 1 rings (SSSR count). The van der Waals surface area contributed by atoms with Crippen LogP contribution in [0, 0.1) is 5.41 Å². The van der Waals surface area contributed by atoms with Gasteiger partial charge in [0.05, 0.1) is 0 Å². The average Bonchev–Trinajstić information content (AvgIpc) is 2.91. The summed E-state index contributed by atoms with van der Waals surface area (Å²) in [5.41, 5.74) is 31.9. The molecule has 0 aromatic heterocycles. The molecule has 0 radical (unpaired) electrons. The van der Waals surface area contributed by atoms with Gasteiger partial charge >= 0.3 is 23.9 Å². The van der Waals surface area contributed by atoms with Crippen LogP contribution in [0.25, 0.3) is 0 Å². The lowest BCUT2D eigenvalue weighted by Gasteiger charge is -2.06. The number of guanidine groups is 1. The summed E-state index contributed by atoms with van der Waals surface area (Å²) >= 11 is 3.65. The van der Waals surface area contributed by atoms with Crippen LogP contribution >= 0.6 is 12.6 Å². The van der Waals surface area contributed by atoms with Crippen LogP contribution in [0.4, 0.5) is 0 Å². The molecular weight excluding hydrogens is 560 g/mol. The molecule has 0 aliphatic heterocycles. The van der Waals surface area contributed by atoms with Crippen LogP contribution in [0.5, 0.6) is 0 Å². The van der Waals surface area contributed by atoms with E-state index in [0.717, 1.165) is 18.4 Å². The molecule has 0 amide bonds. The van der Waals surface area contributed by atoms with Gasteiger partial charge in [-0.1, -0.05) is 36.8 Å². The lowest BCUT2D eigenvalue weighted by molar-refractivity contribution is -0.139. The fourth-order valence-corrected chi connectivity index (χ4v) is 2.49. The Morgan fingerprint density at radius 1 is 0.756 bits per heavy atom. The van der Waals surface area contributed by atoms with E-state index >= 15 is 0 Å². The van der Waals surface area contributed by atoms with Gasteiger partial charge in [0.1, 0.15) is 24.2 Å². The summed E-state index contributed by atoms with van der Waals surface area (Å²) in [6.07, 6.45) is 3.52. The molecule has 0 heterocycles. The van der Waals surface area contributed by atoms with Crippen molar-refractivity contribution in [3.05, 3.63) is 35.9 Å². The Labute approximate surface area is 244 Å². The molecule has 18 N–H and O–H groups in total. The van der Waals surface area contributed by atoms with Gasteiger partial charge in [0.2, 0.25) is 0 Å². The first kappa shape index (κ1) is 42.0. The van der Waals surface area contributed by atoms with E-state index in [9.17, 15) is 19.2 Å². The first-order chi connectivity index (χ1) is 19.1. The Kier molecular flexibility index (Phi) is 27.4. The number of hydrogen-bond acceptors (Lipinski definition) is 11. The van der Waals surface area contributed by atoms with Crippen LogP contribution in [0.3, 0.4) is 0 Å². The minimum atomic E-state index is -1.00. The Balaban J connectivity index is -0.000000479. The number of rotatable bonds is 15. The number of benzene rings is 1. The van der Waals surface area contributed by atoms with E-state index in [4.69, 9.17) is 60.2 Å². The van der Waals surface area contributed by atoms with Crippen LogP contribution < -0.4 is 39.7 Å². The molecule has 0 saturated carbocycles. The van der Waals surface area contributed by atoms with E-state index < -0.39 is 48.0 Å². The lowest BCUT2D eigenvalue weighted by atomic mass is 10.1. The van der Waals surface area contributed by atoms with Crippen molar-refractivity contribution in [2.45, 2.75) is 62.7 Å². The average molecular weight is 607 g/mol. The van der Waals surface area contributed by atoms with Crippen LogP contribution in [0.15, 0.2) is 30.3 Å². The highest BCUT2D eigenvalue weighted by molar-refractivity contribution is 7.80. The van der Waals surface area contributed by atoms with Crippen molar-refractivity contribution in [1.82, 2.24) is 5.32 Å². The molecule has 4 unspecified atom stereocenters. The molecule has 236 valence electrons. The molecule has 41 heavy (non-hydrogen) atoms. The second-order valence-electron chi connectivity index (χ2n) is 8.42. The summed E-state index contributed by atoms with van der Waals surface area (Å²) in [5.74, 6) is -3.82. The van der Waals surface area contributed by atoms with Crippen molar-refractivity contribution in [2.75, 3.05) is 18.8 Å². The first-order valence-electron chi connectivity index (χ1n) is 12.5. The van der Waals surface area contributed by atoms with E-state index in [2.05, 4.69) is 17.9 Å². The van der Waals surface area contributed by atoms with E-state index in [1.165, 1.54) is 0 Å². The predicted molar refractivity (Wildman–Crippen MR) is 158 cm³/mol. The van der Waals surface area contributed by atoms with Gasteiger partial charge in [-0.3, -0.25) is 24.6 Å². The van der Waals surface area contributed by atoms with Crippen LogP contribution in [-0.4, -0.2) is 93.3 Å². The highest BCUT2D eigenvalue weighted by Gasteiger charge is 2.11. The molecule has 0 fully saturated rings. The van der Waals surface area contributed by atoms with Crippen molar-refractivity contribution in [3.63, 3.8) is 0 Å². The summed E-state index contributed by atoms with van der Waals surface area (Å²) < 4.78 is 0. The molecule has 0 spiro atoms. The molecule has 16 nitrogen and oxygen atoms in total. The van der Waals surface area contributed by atoms with Crippen LogP contribution in [-0.2, 0) is 25.6 Å². The second-order valence-corrected chi connectivity index (χ2v) is 8.78. The molecule has 0 bridgehead atoms. The summed E-state index contributed by atoms with van der Waals surface area (Å²) in [7, 11) is 0. The molecule has 0 aliphatic rings. The fourth-order valence-electron chi connectivity index (χ4n) is 2.33. The Bertz CT molecular complexity index is 882. The minimum Gasteiger partial charge on any atom is -0.480 e. The zero-order chi connectivity index (χ0) is 32.4. The normalized spacial score (nSPS) is 12.6. The molecule has 0 aliphatic carbocycles. The third-order valence-corrected chi connectivity index (χ3v) is 5.13. The molecule has 1 aromatic rings. The molecular formula is C24H46N8O8S. The maximum atomic E-state index is 10.4. The monoisotopic (exact) mass is 606 g/mol. The summed E-state index contributed by atoms with van der Waals surface area (Å²) in [4.78, 5) is 40.5. The van der Waals surface area contributed by atoms with Crippen molar-refractivity contribution in [2.24, 2.45) is 34.4 Å². The van der Waals surface area contributed by atoms with Crippen molar-refractivity contribution in [1.29, 1.82) is 5.41 Å². The third kappa shape index (κ3) is 29.3. The SMILES string of the molecule is N=C(N)NCCCC(N)C(=O)O.NC(CS)C(=O)O.NC(Cc1ccccc1)C(=O)O.NCCCCC(N)C(=O)O. The van der Waals surface area contributed by atoms with Crippen LogP contribution in [0.1, 0.15) is 37.7 Å². The topological polar surface area (TPSA) is 341 Å². The number of unbranched alkanes of at least 4 members (excludes halogenated alkanes) is 1. The fraction of sp³-hybridized carbons (Fsp3) is 0.542. The molecule has 1 aromatic carbocycles. The van der Waals surface area contributed by atoms with Gasteiger partial charge in [-0.15, -0.1) is 0 Å². The molecule has 17 heteroatoms. The van der Waals surface area contributed by atoms with Crippen molar-refractivity contribution >= 4 is 42.5 Å². The quantitative estimate of drug-likeness (QED) is 0.0451. The minimum absolute atomic E-state index is 0.112. The van der Waals surface area contributed by atoms with E-state index in [1.807, 2.05) is 30.3 Å². The Morgan fingerprint density at radius 2 is 1.20 bits per heavy atom. The van der Waals surface area contributed by atoms with E-state index in [0.29, 0.717) is 38.8 Å². The number of carboxylic acids is 4. The van der Waals surface area contributed by atoms with Crippen LogP contribution in [0.2, 0.25) is 0 Å². The van der Waals surface area contributed by atoms with Gasteiger partial charge in [-0.25, -0.2) is 0 Å². The Morgan fingerprint density at radius 3 is 1.54 bits per heavy atom. The summed E-state index contributed by atoms with van der Waals surface area (Å²) in [5, 5.41) is 42.6. The number of nitrogens with one attached hydrogen (secondary N) is 2. The lowest BCUT2D eigenvalue weighted by Crippen LogP contribution is -2.34. The molecule has 4 atom stereocenters. The highest BCUT2D eigenvalue weighted by Crippen LogP contribution is 2.01. The van der Waals surface area contributed by atoms with E-state index in [-0.39, 0.29) is 11.7 Å². The van der Waals surface area contributed by atoms with Gasteiger partial charge < -0.3 is 60.1 Å². The Hall–Kier alpha value is -3.48. The smallest absolute Gasteiger partial charge is 0.321 e. The predicted octanol–water partition coefficient (Wildman–Crippen LogP) is -1.84. The number of carbonyl (C=O) groups is 4. The molecule has 0 saturated heterocycles. The van der Waals surface area contributed by atoms with Gasteiger partial charge in [-0.2, -0.15) is 12.6 Å². The number of thiol groups is 1. The largest absolute Gasteiger partial charge is 0.480 e. The maximum absolute atomic E-state index is 10.4. The summed E-state index contributed by atoms with van der Waals surface area (Å²) in [6.45, 7) is 1.09. The van der Waals surface area contributed by atoms with Crippen molar-refractivity contribution in [3.8, 4) is 0 Å². The number of hydrogen-bond donors (Lipinski definition) is 13. The number of nitrogens with two attached hydrogens (primary N) is 6. The number of carboxylic acid groups (broad SMARTS) is 4. The van der Waals surface area contributed by atoms with Gasteiger partial charge in [0, 0.05) is 12.3 Å². The van der Waals surface area contributed by atoms with Gasteiger partial charge in [-0.05, 0) is 44.2 Å². The van der Waals surface area contributed by atoms with E-state index in [1.54, 1.807) is 0 Å². The van der Waals surface area contributed by atoms with Crippen molar-refractivity contribution < 1.29 is 39.6 Å². The van der Waals surface area contributed by atoms with Gasteiger partial charge in [0.15, 0.2) is 5.96 Å². The standard InChI is InChI=1S/C9H11NO2.C6H14N4O2.C6H14N2O2.C3H7NO2S/c10-8(9(11)12)6-7-4-2-1-3-5-7;7-4(5(11)12)2-1-3-10-6(8)9;7-4-2-1-3-5(8)6(9)10;4-2(1-7)3(5)6/h1-5,8H,6,10H2,(H,11,12);4H,1-3,7H2,(H,11,12)(H4,8,9,10);5H,1-4,7-8H2,(H,9,10);2,7H,1,4H2,(H,5,6). The highest BCUT2D eigenvalue weighted by atomic mass is 32.1. The number of aliphatic carboxylic acids is 4. The first-order valence-corrected chi connectivity index (χ1v) is 13.1. The van der Waals surface area contributed by atoms with Gasteiger partial charge in [0.25, 0.3) is 0 Å². The maximum Gasteiger partial charge on any atom is 0.321 e.